The zero-order valence-corrected chi connectivity index (χ0v) is 44.3. The van der Waals surface area contributed by atoms with Gasteiger partial charge in [-0.2, -0.15) is 0 Å². The van der Waals surface area contributed by atoms with Crippen molar-refractivity contribution < 1.29 is 65.7 Å². The lowest BCUT2D eigenvalue weighted by atomic mass is 10.0. The lowest BCUT2D eigenvalue weighted by molar-refractivity contribution is -0.130. The second-order valence-corrected chi connectivity index (χ2v) is 17.4. The number of piperazine rings is 2. The number of esters is 2. The standard InChI is InChI=1S/C27H23FN4O6.C14H11FN2O3.C11H14N2O.C3H3ClO2.ClH/c1-2-37-27(36)20-14-21(38-30-20)17-8-9-19(28)22-18(15-29-23(17)22)24(33)26(35)32-12-10-31(11-13-32)25(34)16-6-4-3-5-7-16;1-2-19-14(18)11-7-12(20-17-11)9-3-4-10(15)8-5-6-16-13(8)9;14-11(10-4-2-1-3-5-10)13-8-6-12-7-9-13;1-2(5)3(4)6;/h3-9,14-15,29H,2,10-13H2,1H3;3-7,16H,2H2,1H3;1-5,12H,6-9H2;1H3;1H. The summed E-state index contributed by atoms with van der Waals surface area (Å²) in [5, 5.41) is 10.1. The van der Waals surface area contributed by atoms with Crippen molar-refractivity contribution in [3.8, 4) is 22.6 Å². The number of amides is 3. The maximum Gasteiger partial charge on any atom is 0.360 e. The predicted molar refractivity (Wildman–Crippen MR) is 287 cm³/mol. The van der Waals surface area contributed by atoms with Gasteiger partial charge in [-0.1, -0.05) is 46.7 Å². The number of nitrogens with zero attached hydrogens (tertiary/aromatic N) is 5. The van der Waals surface area contributed by atoms with Crippen LogP contribution in [0.4, 0.5) is 8.78 Å². The number of halogens is 4. The molecule has 4 aromatic carbocycles. The van der Waals surface area contributed by atoms with E-state index >= 15 is 0 Å². The van der Waals surface area contributed by atoms with Crippen LogP contribution in [0.5, 0.6) is 0 Å². The molecule has 3 amide bonds. The molecule has 0 aliphatic carbocycles. The minimum absolute atomic E-state index is 0. The summed E-state index contributed by atoms with van der Waals surface area (Å²) in [6.07, 6.45) is 2.91. The number of ketones is 2. The van der Waals surface area contributed by atoms with Crippen LogP contribution in [-0.4, -0.2) is 147 Å². The first kappa shape index (κ1) is 59.4. The molecule has 10 rings (SSSR count). The topological polar surface area (TPSA) is 260 Å². The first-order valence-corrected chi connectivity index (χ1v) is 24.8. The van der Waals surface area contributed by atoms with Crippen molar-refractivity contribution in [3.05, 3.63) is 155 Å². The SMILES string of the molecule is CC(=O)C(=O)Cl.CCOC(=O)c1cc(-c2ccc(F)c3c(C(=O)C(=O)N4CCN(C(=O)c5ccccc5)CC4)c[nH]c23)on1.CCOC(=O)c1cc(-c2ccc(F)c3cc[nH]c23)on1.Cl.O=C(c1ccccc1)N1CCNCC1. The van der Waals surface area contributed by atoms with E-state index in [1.807, 2.05) is 41.3 Å². The average molecular weight is 1130 g/mol. The molecule has 0 saturated carbocycles. The van der Waals surface area contributed by atoms with E-state index in [9.17, 15) is 47.1 Å². The highest BCUT2D eigenvalue weighted by atomic mass is 35.5. The molecule has 412 valence electrons. The normalized spacial score (nSPS) is 12.8. The van der Waals surface area contributed by atoms with Gasteiger partial charge < -0.3 is 48.5 Å². The van der Waals surface area contributed by atoms with E-state index < -0.39 is 40.5 Å². The Labute approximate surface area is 460 Å². The van der Waals surface area contributed by atoms with Crippen molar-refractivity contribution in [2.45, 2.75) is 20.8 Å². The molecule has 2 fully saturated rings. The van der Waals surface area contributed by atoms with Crippen LogP contribution in [-0.2, 0) is 23.9 Å². The molecule has 0 radical (unpaired) electrons. The molecule has 2 aliphatic rings. The van der Waals surface area contributed by atoms with Crippen LogP contribution in [0.15, 0.2) is 125 Å². The number of H-pyrrole nitrogens is 2. The fraction of sp³-hybridized carbons (Fsp3) is 0.236. The van der Waals surface area contributed by atoms with E-state index in [0.717, 1.165) is 44.7 Å². The highest BCUT2D eigenvalue weighted by Crippen LogP contribution is 2.33. The summed E-state index contributed by atoms with van der Waals surface area (Å²) in [7, 11) is 0. The van der Waals surface area contributed by atoms with Gasteiger partial charge in [-0.05, 0) is 80.0 Å². The number of nitrogens with one attached hydrogen (secondary N) is 3. The third-order valence-corrected chi connectivity index (χ3v) is 12.3. The van der Waals surface area contributed by atoms with Crippen molar-refractivity contribution in [1.82, 2.24) is 40.3 Å². The molecule has 4 aromatic heterocycles. The maximum absolute atomic E-state index is 14.9. The van der Waals surface area contributed by atoms with Crippen molar-refractivity contribution in [1.29, 1.82) is 0 Å². The van der Waals surface area contributed by atoms with Crippen molar-refractivity contribution in [2.75, 3.05) is 65.6 Å². The van der Waals surface area contributed by atoms with E-state index in [2.05, 4.69) is 37.2 Å². The molecule has 0 atom stereocenters. The first-order valence-electron chi connectivity index (χ1n) is 24.4. The third kappa shape index (κ3) is 14.6. The fourth-order valence-corrected chi connectivity index (χ4v) is 8.09. The number of aromatic nitrogens is 4. The van der Waals surface area contributed by atoms with Gasteiger partial charge in [0.15, 0.2) is 22.9 Å². The van der Waals surface area contributed by atoms with Crippen LogP contribution in [0.1, 0.15) is 72.8 Å². The summed E-state index contributed by atoms with van der Waals surface area (Å²) in [6.45, 7) is 9.23. The van der Waals surface area contributed by atoms with Crippen molar-refractivity contribution in [3.63, 3.8) is 0 Å². The number of fused-ring (bicyclic) bond motifs is 2. The number of carbonyl (C=O) groups excluding carboxylic acids is 8. The third-order valence-electron chi connectivity index (χ3n) is 12.0. The van der Waals surface area contributed by atoms with Gasteiger partial charge in [0, 0.05) is 117 Å². The Morgan fingerprint density at radius 3 is 1.58 bits per heavy atom. The minimum atomic E-state index is -0.907. The molecule has 0 bridgehead atoms. The van der Waals surface area contributed by atoms with Crippen LogP contribution in [0, 0.1) is 11.6 Å². The predicted octanol–water partition coefficient (Wildman–Crippen LogP) is 7.94. The lowest BCUT2D eigenvalue weighted by Gasteiger charge is -2.34. The van der Waals surface area contributed by atoms with E-state index in [4.69, 9.17) is 18.5 Å². The molecule has 0 spiro atoms. The zero-order chi connectivity index (χ0) is 55.9. The Balaban J connectivity index is 0.000000204. The Kier molecular flexibility index (Phi) is 21.0. The molecule has 79 heavy (non-hydrogen) atoms. The quantitative estimate of drug-likeness (QED) is 0.0481. The number of aromatic amines is 2. The number of carbonyl (C=O) groups is 8. The lowest BCUT2D eigenvalue weighted by Crippen LogP contribution is -2.52. The van der Waals surface area contributed by atoms with Gasteiger partial charge in [0.25, 0.3) is 28.7 Å². The van der Waals surface area contributed by atoms with E-state index in [1.165, 1.54) is 35.4 Å². The van der Waals surface area contributed by atoms with Crippen LogP contribution < -0.4 is 5.32 Å². The number of Topliss-reactive ketones (excluding diaryl/α,β-unsaturated/α-hetero) is 2. The first-order chi connectivity index (χ1) is 37.6. The van der Waals surface area contributed by atoms with Gasteiger partial charge in [-0.15, -0.1) is 12.4 Å². The van der Waals surface area contributed by atoms with Crippen LogP contribution >= 0.6 is 24.0 Å². The van der Waals surface area contributed by atoms with Crippen LogP contribution in [0.2, 0.25) is 0 Å². The Morgan fingerprint density at radius 1 is 0.620 bits per heavy atom. The second-order valence-electron chi connectivity index (χ2n) is 17.0. The Hall–Kier alpha value is -8.86. The highest BCUT2D eigenvalue weighted by molar-refractivity contribution is 6.80. The molecule has 6 heterocycles. The molecular weight excluding hydrogens is 1070 g/mol. The molecule has 24 heteroatoms. The summed E-state index contributed by atoms with van der Waals surface area (Å²) in [5.74, 6) is -3.99. The van der Waals surface area contributed by atoms with Gasteiger partial charge in [0.1, 0.15) is 11.6 Å². The summed E-state index contributed by atoms with van der Waals surface area (Å²) < 4.78 is 48.7. The largest absolute Gasteiger partial charge is 0.461 e. The number of hydrogen-bond donors (Lipinski definition) is 3. The number of rotatable bonds is 11. The maximum atomic E-state index is 14.9. The molecule has 2 saturated heterocycles. The highest BCUT2D eigenvalue weighted by Gasteiger charge is 2.32. The molecular formula is C55H52Cl2F2N8O12. The average Bonchev–Trinajstić information content (AvgIpc) is 4.39. The second kappa shape index (κ2) is 28.0. The molecule has 0 unspecified atom stereocenters. The Morgan fingerprint density at radius 2 is 1.09 bits per heavy atom. The van der Waals surface area contributed by atoms with E-state index in [0.29, 0.717) is 33.4 Å². The monoisotopic (exact) mass is 1120 g/mol. The van der Waals surface area contributed by atoms with E-state index in [1.54, 1.807) is 61.3 Å². The van der Waals surface area contributed by atoms with Gasteiger partial charge in [0.2, 0.25) is 5.78 Å². The van der Waals surface area contributed by atoms with Gasteiger partial charge in [0.05, 0.1) is 29.8 Å². The molecule has 20 nitrogen and oxygen atoms in total. The van der Waals surface area contributed by atoms with Crippen LogP contribution in [0.3, 0.4) is 0 Å². The number of hydrogen-bond acceptors (Lipinski definition) is 15. The van der Waals surface area contributed by atoms with Gasteiger partial charge >= 0.3 is 11.9 Å². The summed E-state index contributed by atoms with van der Waals surface area (Å²) >= 11 is 4.62. The van der Waals surface area contributed by atoms with Gasteiger partial charge in [-0.3, -0.25) is 28.8 Å². The smallest absolute Gasteiger partial charge is 0.360 e. The fourth-order valence-electron chi connectivity index (χ4n) is 8.09. The Bertz CT molecular complexity index is 3450. The number of benzene rings is 4. The van der Waals surface area contributed by atoms with Gasteiger partial charge in [-0.25, -0.2) is 18.4 Å². The zero-order valence-electron chi connectivity index (χ0n) is 42.7. The minimum Gasteiger partial charge on any atom is -0.461 e. The van der Waals surface area contributed by atoms with Crippen LogP contribution in [0.25, 0.3) is 44.5 Å². The summed E-state index contributed by atoms with van der Waals surface area (Å²) in [4.78, 5) is 104. The molecule has 3 N–H and O–H groups in total. The molecule has 8 aromatic rings. The summed E-state index contributed by atoms with van der Waals surface area (Å²) in [6, 6.07) is 28.2. The number of ether oxygens (including phenoxy) is 2. The summed E-state index contributed by atoms with van der Waals surface area (Å²) in [5.41, 5.74) is 3.04. The van der Waals surface area contributed by atoms with Crippen molar-refractivity contribution in [2.24, 2.45) is 0 Å². The van der Waals surface area contributed by atoms with Crippen molar-refractivity contribution >= 4 is 92.3 Å². The molecule has 2 aliphatic heterocycles. The van der Waals surface area contributed by atoms with E-state index in [-0.39, 0.29) is 103 Å².